The maximum absolute atomic E-state index is 11.9. The van der Waals surface area contributed by atoms with Crippen molar-refractivity contribution in [3.05, 3.63) is 42.5 Å². The van der Waals surface area contributed by atoms with Gasteiger partial charge in [0.25, 0.3) is 0 Å². The van der Waals surface area contributed by atoms with E-state index in [4.69, 9.17) is 4.74 Å². The van der Waals surface area contributed by atoms with Crippen LogP contribution in [0.25, 0.3) is 22.4 Å². The third-order valence-corrected chi connectivity index (χ3v) is 5.27. The van der Waals surface area contributed by atoms with Crippen LogP contribution < -0.4 is 9.46 Å². The van der Waals surface area contributed by atoms with Gasteiger partial charge in [0.05, 0.1) is 22.5 Å². The molecule has 1 heterocycles. The Bertz CT molecular complexity index is 976. The monoisotopic (exact) mass is 345 g/mol. The number of aryl methyl sites for hydroxylation is 1. The summed E-state index contributed by atoms with van der Waals surface area (Å²) in [4.78, 5) is 4.80. The van der Waals surface area contributed by atoms with Crippen LogP contribution in [0.15, 0.2) is 47.4 Å². The Kier molecular flexibility index (Phi) is 4.29. The van der Waals surface area contributed by atoms with Crippen molar-refractivity contribution in [2.45, 2.75) is 11.8 Å². The molecule has 6 nitrogen and oxygen atoms in total. The smallest absolute Gasteiger partial charge is 0.240 e. The number of nitrogens with zero attached hydrogens (tertiary/aromatic N) is 2. The molecule has 0 saturated heterocycles. The highest BCUT2D eigenvalue weighted by Gasteiger charge is 2.15. The molecular formula is C17H19N3O3S. The molecule has 7 heteroatoms. The zero-order valence-corrected chi connectivity index (χ0v) is 14.6. The number of aromatic nitrogens is 2. The van der Waals surface area contributed by atoms with E-state index in [-0.39, 0.29) is 4.90 Å². The number of imidazole rings is 1. The molecule has 0 bridgehead atoms. The topological polar surface area (TPSA) is 73.2 Å². The minimum Gasteiger partial charge on any atom is -0.494 e. The molecule has 0 unspecified atom stereocenters. The van der Waals surface area contributed by atoms with Gasteiger partial charge in [-0.3, -0.25) is 0 Å². The molecule has 0 aliphatic carbocycles. The van der Waals surface area contributed by atoms with Crippen molar-refractivity contribution in [1.29, 1.82) is 0 Å². The first-order valence-corrected chi connectivity index (χ1v) is 9.08. The van der Waals surface area contributed by atoms with Gasteiger partial charge in [-0.05, 0) is 56.4 Å². The van der Waals surface area contributed by atoms with Gasteiger partial charge in [-0.1, -0.05) is 0 Å². The summed E-state index contributed by atoms with van der Waals surface area (Å²) in [6.45, 7) is 2.56. The predicted octanol–water partition coefficient (Wildman–Crippen LogP) is 2.55. The maximum Gasteiger partial charge on any atom is 0.240 e. The second-order valence-electron chi connectivity index (χ2n) is 5.31. The summed E-state index contributed by atoms with van der Waals surface area (Å²) in [7, 11) is -0.183. The normalized spacial score (nSPS) is 11.8. The number of benzene rings is 2. The highest BCUT2D eigenvalue weighted by atomic mass is 32.2. The van der Waals surface area contributed by atoms with E-state index in [9.17, 15) is 8.42 Å². The summed E-state index contributed by atoms with van der Waals surface area (Å²) in [5, 5.41) is 0. The number of nitrogens with one attached hydrogen (secondary N) is 1. The average Bonchev–Trinajstić information content (AvgIpc) is 2.92. The van der Waals surface area contributed by atoms with Gasteiger partial charge in [0.1, 0.15) is 11.6 Å². The van der Waals surface area contributed by atoms with Crippen molar-refractivity contribution >= 4 is 21.1 Å². The summed E-state index contributed by atoms with van der Waals surface area (Å²) in [5.74, 6) is 1.58. The van der Waals surface area contributed by atoms with Crippen molar-refractivity contribution in [3.8, 4) is 17.1 Å². The molecule has 3 rings (SSSR count). The SMILES string of the molecule is CCOc1ccc(-c2nc3cc(S(=O)(=O)NC)ccc3n2C)cc1. The van der Waals surface area contributed by atoms with E-state index >= 15 is 0 Å². The number of hydrogen-bond acceptors (Lipinski definition) is 4. The first kappa shape index (κ1) is 16.5. The van der Waals surface area contributed by atoms with Crippen LogP contribution >= 0.6 is 0 Å². The molecule has 24 heavy (non-hydrogen) atoms. The van der Waals surface area contributed by atoms with Crippen LogP contribution in [-0.4, -0.2) is 31.6 Å². The van der Waals surface area contributed by atoms with Crippen LogP contribution in [0.1, 0.15) is 6.92 Å². The van der Waals surface area contributed by atoms with Crippen molar-refractivity contribution in [2.75, 3.05) is 13.7 Å². The molecule has 0 spiro atoms. The molecule has 0 saturated carbocycles. The Morgan fingerprint density at radius 1 is 1.17 bits per heavy atom. The largest absolute Gasteiger partial charge is 0.494 e. The van der Waals surface area contributed by atoms with Crippen molar-refractivity contribution < 1.29 is 13.2 Å². The van der Waals surface area contributed by atoms with Crippen LogP contribution in [0.2, 0.25) is 0 Å². The molecule has 1 aromatic heterocycles. The first-order chi connectivity index (χ1) is 11.5. The van der Waals surface area contributed by atoms with E-state index in [0.29, 0.717) is 12.1 Å². The fraction of sp³-hybridized carbons (Fsp3) is 0.235. The Morgan fingerprint density at radius 2 is 1.88 bits per heavy atom. The molecule has 2 aromatic carbocycles. The number of fused-ring (bicyclic) bond motifs is 1. The van der Waals surface area contributed by atoms with Gasteiger partial charge in [-0.2, -0.15) is 0 Å². The van der Waals surface area contributed by atoms with Crippen LogP contribution in [0, 0.1) is 0 Å². The molecular weight excluding hydrogens is 326 g/mol. The third-order valence-electron chi connectivity index (χ3n) is 3.85. The second kappa shape index (κ2) is 6.26. The van der Waals surface area contributed by atoms with Gasteiger partial charge in [0, 0.05) is 12.6 Å². The minimum atomic E-state index is -3.49. The lowest BCUT2D eigenvalue weighted by atomic mass is 10.2. The summed E-state index contributed by atoms with van der Waals surface area (Å²) in [5.41, 5.74) is 2.45. The van der Waals surface area contributed by atoms with Crippen molar-refractivity contribution in [2.24, 2.45) is 7.05 Å². The summed E-state index contributed by atoms with van der Waals surface area (Å²) < 4.78 is 33.6. The lowest BCUT2D eigenvalue weighted by Gasteiger charge is -2.05. The van der Waals surface area contributed by atoms with Crippen molar-refractivity contribution in [3.63, 3.8) is 0 Å². The van der Waals surface area contributed by atoms with Crippen LogP contribution in [0.5, 0.6) is 5.75 Å². The van der Waals surface area contributed by atoms with Gasteiger partial charge < -0.3 is 9.30 Å². The standard InChI is InChI=1S/C17H19N3O3S/c1-4-23-13-7-5-12(6-8-13)17-19-15-11-14(24(21,22)18-2)9-10-16(15)20(17)3/h5-11,18H,4H2,1-3H3. The summed E-state index contributed by atoms with van der Waals surface area (Å²) in [6, 6.07) is 12.6. The number of ether oxygens (including phenoxy) is 1. The van der Waals surface area contributed by atoms with Crippen LogP contribution in [0.3, 0.4) is 0 Å². The van der Waals surface area contributed by atoms with E-state index < -0.39 is 10.0 Å². The quantitative estimate of drug-likeness (QED) is 0.771. The van der Waals surface area contributed by atoms with Gasteiger partial charge >= 0.3 is 0 Å². The molecule has 0 aliphatic heterocycles. The van der Waals surface area contributed by atoms with E-state index in [1.807, 2.05) is 42.8 Å². The third kappa shape index (κ3) is 2.88. The van der Waals surface area contributed by atoms with E-state index in [1.165, 1.54) is 7.05 Å². The average molecular weight is 345 g/mol. The molecule has 0 radical (unpaired) electrons. The maximum atomic E-state index is 11.9. The Morgan fingerprint density at radius 3 is 2.50 bits per heavy atom. The second-order valence-corrected chi connectivity index (χ2v) is 7.20. The number of hydrogen-bond donors (Lipinski definition) is 1. The van der Waals surface area contributed by atoms with E-state index in [0.717, 1.165) is 22.7 Å². The van der Waals surface area contributed by atoms with Crippen LogP contribution in [0.4, 0.5) is 0 Å². The fourth-order valence-corrected chi connectivity index (χ4v) is 3.34. The molecule has 3 aromatic rings. The van der Waals surface area contributed by atoms with Gasteiger partial charge in [0.15, 0.2) is 0 Å². The van der Waals surface area contributed by atoms with Crippen molar-refractivity contribution in [1.82, 2.24) is 14.3 Å². The molecule has 1 N–H and O–H groups in total. The zero-order chi connectivity index (χ0) is 17.3. The summed E-state index contributed by atoms with van der Waals surface area (Å²) in [6.07, 6.45) is 0. The molecule has 0 atom stereocenters. The zero-order valence-electron chi connectivity index (χ0n) is 13.8. The van der Waals surface area contributed by atoms with Gasteiger partial charge in [-0.15, -0.1) is 0 Å². The Labute approximate surface area is 141 Å². The van der Waals surface area contributed by atoms with E-state index in [2.05, 4.69) is 9.71 Å². The molecule has 126 valence electrons. The number of rotatable bonds is 5. The van der Waals surface area contributed by atoms with Gasteiger partial charge in [0.2, 0.25) is 10.0 Å². The predicted molar refractivity (Wildman–Crippen MR) is 93.6 cm³/mol. The first-order valence-electron chi connectivity index (χ1n) is 7.59. The fourth-order valence-electron chi connectivity index (χ4n) is 2.59. The lowest BCUT2D eigenvalue weighted by Crippen LogP contribution is -2.18. The van der Waals surface area contributed by atoms with Gasteiger partial charge in [-0.25, -0.2) is 18.1 Å². The molecule has 0 amide bonds. The Balaban J connectivity index is 2.08. The highest BCUT2D eigenvalue weighted by Crippen LogP contribution is 2.26. The lowest BCUT2D eigenvalue weighted by molar-refractivity contribution is 0.340. The van der Waals surface area contributed by atoms with E-state index in [1.54, 1.807) is 18.2 Å². The molecule has 0 aliphatic rings. The van der Waals surface area contributed by atoms with Crippen LogP contribution in [-0.2, 0) is 17.1 Å². The Hall–Kier alpha value is -2.38. The highest BCUT2D eigenvalue weighted by molar-refractivity contribution is 7.89. The summed E-state index contributed by atoms with van der Waals surface area (Å²) >= 11 is 0. The molecule has 0 fully saturated rings. The number of sulfonamides is 1. The minimum absolute atomic E-state index is 0.203.